The molecule has 110 valence electrons. The molecule has 1 heterocycles. The molecule has 2 atom stereocenters. The Kier molecular flexibility index (Phi) is 4.09. The Bertz CT molecular complexity index is 521. The average Bonchev–Trinajstić information content (AvgIpc) is 2.85. The Hall–Kier alpha value is -1.49. The summed E-state index contributed by atoms with van der Waals surface area (Å²) in [5.74, 6) is -1.90. The standard InChI is InChI=1S/C15H19F2NO2/c1-3-15(14(19)20)7-4-8-18(15)10(2)12-9-11(16)5-6-13(12)17/h5-6,9-10H,3-4,7-8H2,1-2H3,(H,19,20). The molecular formula is C15H19F2NO2. The molecule has 1 aromatic rings. The second-order valence-corrected chi connectivity index (χ2v) is 5.33. The lowest BCUT2D eigenvalue weighted by molar-refractivity contribution is -0.151. The quantitative estimate of drug-likeness (QED) is 0.921. The van der Waals surface area contributed by atoms with Crippen molar-refractivity contribution in [1.82, 2.24) is 4.90 Å². The molecule has 0 saturated carbocycles. The molecule has 0 aromatic heterocycles. The van der Waals surface area contributed by atoms with Crippen molar-refractivity contribution in [2.24, 2.45) is 0 Å². The molecule has 2 unspecified atom stereocenters. The second-order valence-electron chi connectivity index (χ2n) is 5.33. The summed E-state index contributed by atoms with van der Waals surface area (Å²) in [6.07, 6.45) is 1.74. The number of carbonyl (C=O) groups is 1. The molecule has 1 aliphatic heterocycles. The highest BCUT2D eigenvalue weighted by molar-refractivity contribution is 5.79. The molecule has 0 amide bonds. The maximum Gasteiger partial charge on any atom is 0.324 e. The topological polar surface area (TPSA) is 40.5 Å². The maximum absolute atomic E-state index is 13.9. The molecule has 0 aliphatic carbocycles. The summed E-state index contributed by atoms with van der Waals surface area (Å²) < 4.78 is 27.2. The number of rotatable bonds is 4. The van der Waals surface area contributed by atoms with Crippen LogP contribution < -0.4 is 0 Å². The number of hydrogen-bond donors (Lipinski definition) is 1. The van der Waals surface area contributed by atoms with Crippen molar-refractivity contribution in [2.45, 2.75) is 44.7 Å². The lowest BCUT2D eigenvalue weighted by atomic mass is 9.90. The Morgan fingerprint density at radius 3 is 2.80 bits per heavy atom. The van der Waals surface area contributed by atoms with Gasteiger partial charge in [-0.2, -0.15) is 0 Å². The SMILES string of the molecule is CCC1(C(=O)O)CCCN1C(C)c1cc(F)ccc1F. The van der Waals surface area contributed by atoms with Crippen molar-refractivity contribution in [3.63, 3.8) is 0 Å². The molecule has 0 spiro atoms. The van der Waals surface area contributed by atoms with E-state index in [-0.39, 0.29) is 5.56 Å². The predicted molar refractivity (Wildman–Crippen MR) is 71.4 cm³/mol. The molecule has 1 N–H and O–H groups in total. The molecule has 1 fully saturated rings. The minimum atomic E-state index is -0.974. The van der Waals surface area contributed by atoms with Crippen molar-refractivity contribution in [1.29, 1.82) is 0 Å². The summed E-state index contributed by atoms with van der Waals surface area (Å²) in [4.78, 5) is 13.4. The van der Waals surface area contributed by atoms with Crippen molar-refractivity contribution in [3.8, 4) is 0 Å². The Labute approximate surface area is 117 Å². The molecular weight excluding hydrogens is 264 g/mol. The van der Waals surface area contributed by atoms with E-state index in [0.29, 0.717) is 19.4 Å². The van der Waals surface area contributed by atoms with E-state index in [1.807, 2.05) is 6.92 Å². The second kappa shape index (κ2) is 5.48. The lowest BCUT2D eigenvalue weighted by Gasteiger charge is -2.38. The van der Waals surface area contributed by atoms with E-state index < -0.39 is 29.2 Å². The van der Waals surface area contributed by atoms with E-state index in [9.17, 15) is 18.7 Å². The van der Waals surface area contributed by atoms with E-state index in [0.717, 1.165) is 24.6 Å². The number of carboxylic acids is 1. The van der Waals surface area contributed by atoms with Gasteiger partial charge in [0, 0.05) is 11.6 Å². The summed E-state index contributed by atoms with van der Waals surface area (Å²) in [5.41, 5.74) is -0.760. The van der Waals surface area contributed by atoms with Crippen LogP contribution in [0.1, 0.15) is 44.7 Å². The molecule has 1 saturated heterocycles. The van der Waals surface area contributed by atoms with Crippen molar-refractivity contribution < 1.29 is 18.7 Å². The number of halogens is 2. The normalized spacial score (nSPS) is 24.8. The average molecular weight is 283 g/mol. The third-order valence-electron chi connectivity index (χ3n) is 4.40. The van der Waals surface area contributed by atoms with E-state index in [2.05, 4.69) is 0 Å². The van der Waals surface area contributed by atoms with Gasteiger partial charge in [-0.3, -0.25) is 9.69 Å². The highest BCUT2D eigenvalue weighted by Crippen LogP contribution is 2.39. The smallest absolute Gasteiger partial charge is 0.324 e. The van der Waals surface area contributed by atoms with Gasteiger partial charge in [0.15, 0.2) is 0 Å². The number of carboxylic acid groups (broad SMARTS) is 1. The number of nitrogens with zero attached hydrogens (tertiary/aromatic N) is 1. The van der Waals surface area contributed by atoms with Gasteiger partial charge in [0.25, 0.3) is 0 Å². The first-order valence-electron chi connectivity index (χ1n) is 6.87. The fourth-order valence-corrected chi connectivity index (χ4v) is 3.23. The third kappa shape index (κ3) is 2.30. The van der Waals surface area contributed by atoms with Gasteiger partial charge in [0.05, 0.1) is 0 Å². The number of aliphatic carboxylic acids is 1. The molecule has 0 radical (unpaired) electrons. The summed E-state index contributed by atoms with van der Waals surface area (Å²) in [5, 5.41) is 9.54. The highest BCUT2D eigenvalue weighted by Gasteiger charge is 2.48. The van der Waals surface area contributed by atoms with Gasteiger partial charge >= 0.3 is 5.97 Å². The highest BCUT2D eigenvalue weighted by atomic mass is 19.1. The van der Waals surface area contributed by atoms with Gasteiger partial charge < -0.3 is 5.11 Å². The van der Waals surface area contributed by atoms with Crippen molar-refractivity contribution >= 4 is 5.97 Å². The van der Waals surface area contributed by atoms with E-state index in [1.54, 1.807) is 11.8 Å². The van der Waals surface area contributed by atoms with Crippen molar-refractivity contribution in [2.75, 3.05) is 6.54 Å². The van der Waals surface area contributed by atoms with Crippen LogP contribution in [-0.4, -0.2) is 28.1 Å². The summed E-state index contributed by atoms with van der Waals surface area (Å²) >= 11 is 0. The molecule has 2 rings (SSSR count). The molecule has 3 nitrogen and oxygen atoms in total. The van der Waals surface area contributed by atoms with Crippen LogP contribution in [0, 0.1) is 11.6 Å². The van der Waals surface area contributed by atoms with Gasteiger partial charge in [0.1, 0.15) is 17.2 Å². The van der Waals surface area contributed by atoms with E-state index in [4.69, 9.17) is 0 Å². The summed E-state index contributed by atoms with van der Waals surface area (Å²) in [7, 11) is 0. The lowest BCUT2D eigenvalue weighted by Crippen LogP contribution is -2.51. The largest absolute Gasteiger partial charge is 0.480 e. The summed E-state index contributed by atoms with van der Waals surface area (Å²) in [6, 6.07) is 2.84. The Morgan fingerprint density at radius 1 is 1.50 bits per heavy atom. The van der Waals surface area contributed by atoms with Crippen LogP contribution in [-0.2, 0) is 4.79 Å². The fraction of sp³-hybridized carbons (Fsp3) is 0.533. The Balaban J connectivity index is 2.39. The van der Waals surface area contributed by atoms with Crippen LogP contribution in [0.4, 0.5) is 8.78 Å². The first-order chi connectivity index (χ1) is 9.42. The predicted octanol–water partition coefficient (Wildman–Crippen LogP) is 3.36. The number of benzene rings is 1. The van der Waals surface area contributed by atoms with E-state index in [1.165, 1.54) is 0 Å². The monoisotopic (exact) mass is 283 g/mol. The maximum atomic E-state index is 13.9. The van der Waals surface area contributed by atoms with Gasteiger partial charge in [0.2, 0.25) is 0 Å². The molecule has 1 aromatic carbocycles. The number of likely N-dealkylation sites (tertiary alicyclic amines) is 1. The van der Waals surface area contributed by atoms with Crippen LogP contribution in [0.15, 0.2) is 18.2 Å². The zero-order chi connectivity index (χ0) is 14.9. The Morgan fingerprint density at radius 2 is 2.20 bits per heavy atom. The molecule has 5 heteroatoms. The zero-order valence-corrected chi connectivity index (χ0v) is 11.7. The minimum Gasteiger partial charge on any atom is -0.480 e. The number of hydrogen-bond acceptors (Lipinski definition) is 2. The zero-order valence-electron chi connectivity index (χ0n) is 11.7. The van der Waals surface area contributed by atoms with Gasteiger partial charge in [-0.15, -0.1) is 0 Å². The van der Waals surface area contributed by atoms with Crippen LogP contribution in [0.3, 0.4) is 0 Å². The summed E-state index contributed by atoms with van der Waals surface area (Å²) in [6.45, 7) is 4.13. The van der Waals surface area contributed by atoms with E-state index >= 15 is 0 Å². The first-order valence-corrected chi connectivity index (χ1v) is 6.87. The van der Waals surface area contributed by atoms with Crippen LogP contribution in [0.2, 0.25) is 0 Å². The van der Waals surface area contributed by atoms with Crippen LogP contribution in [0.25, 0.3) is 0 Å². The van der Waals surface area contributed by atoms with Crippen LogP contribution >= 0.6 is 0 Å². The molecule has 20 heavy (non-hydrogen) atoms. The molecule has 1 aliphatic rings. The van der Waals surface area contributed by atoms with Gasteiger partial charge in [-0.25, -0.2) is 8.78 Å². The first kappa shape index (κ1) is 14.9. The van der Waals surface area contributed by atoms with Gasteiger partial charge in [-0.05, 0) is 50.9 Å². The van der Waals surface area contributed by atoms with Crippen molar-refractivity contribution in [3.05, 3.63) is 35.4 Å². The van der Waals surface area contributed by atoms with Gasteiger partial charge in [-0.1, -0.05) is 6.92 Å². The van der Waals surface area contributed by atoms with Crippen LogP contribution in [0.5, 0.6) is 0 Å². The minimum absolute atomic E-state index is 0.214. The fourth-order valence-electron chi connectivity index (χ4n) is 3.23. The third-order valence-corrected chi connectivity index (χ3v) is 4.40. The molecule has 0 bridgehead atoms.